The van der Waals surface area contributed by atoms with Crippen molar-refractivity contribution in [2.24, 2.45) is 0 Å². The van der Waals surface area contributed by atoms with Gasteiger partial charge in [0.25, 0.3) is 0 Å². The third-order valence-corrected chi connectivity index (χ3v) is 9.15. The van der Waals surface area contributed by atoms with Crippen molar-refractivity contribution in [3.63, 3.8) is 0 Å². The average Bonchev–Trinajstić information content (AvgIpc) is 3.53. The Bertz CT molecular complexity index is 2280. The van der Waals surface area contributed by atoms with Crippen LogP contribution in [0, 0.1) is 0 Å². The first-order valence-corrected chi connectivity index (χ1v) is 14.7. The molecule has 0 bridgehead atoms. The third-order valence-electron chi connectivity index (χ3n) is 7.89. The van der Waals surface area contributed by atoms with Crippen LogP contribution in [0.3, 0.4) is 0 Å². The highest BCUT2D eigenvalue weighted by Crippen LogP contribution is 2.51. The molecule has 0 saturated heterocycles. The van der Waals surface area contributed by atoms with Gasteiger partial charge in [0, 0.05) is 39.4 Å². The monoisotopic (exact) mass is 676 g/mol. The van der Waals surface area contributed by atoms with Crippen LogP contribution in [0.5, 0.6) is 23.0 Å². The second-order valence-electron chi connectivity index (χ2n) is 9.96. The molecule has 7 rings (SSSR count). The Balaban J connectivity index is 1.83. The normalized spacial score (nSPS) is 11.7. The summed E-state index contributed by atoms with van der Waals surface area (Å²) >= 11 is 16.3. The topological polar surface area (TPSA) is 62.8 Å². The molecule has 43 heavy (non-hydrogen) atoms. The van der Waals surface area contributed by atoms with Crippen molar-refractivity contribution < 1.29 is 18.9 Å². The van der Waals surface area contributed by atoms with Gasteiger partial charge in [0.05, 0.1) is 61.1 Å². The van der Waals surface area contributed by atoms with E-state index in [-0.39, 0.29) is 5.69 Å². The van der Waals surface area contributed by atoms with Gasteiger partial charge in [0.1, 0.15) is 27.6 Å². The van der Waals surface area contributed by atoms with E-state index in [1.807, 2.05) is 66.7 Å². The van der Waals surface area contributed by atoms with Crippen molar-refractivity contribution in [1.82, 2.24) is 8.80 Å². The van der Waals surface area contributed by atoms with Crippen molar-refractivity contribution in [1.29, 1.82) is 0 Å². The molecule has 0 aliphatic carbocycles. The highest BCUT2D eigenvalue weighted by Gasteiger charge is 2.31. The number of methoxy groups -OCH3 is 4. The lowest BCUT2D eigenvalue weighted by Gasteiger charge is -2.14. The second-order valence-corrected chi connectivity index (χ2v) is 11.6. The van der Waals surface area contributed by atoms with Crippen molar-refractivity contribution in [2.75, 3.05) is 28.4 Å². The first kappa shape index (κ1) is 27.7. The van der Waals surface area contributed by atoms with Gasteiger partial charge in [-0.2, -0.15) is 0 Å². The van der Waals surface area contributed by atoms with E-state index in [9.17, 15) is 4.79 Å². The van der Waals surface area contributed by atoms with Crippen LogP contribution in [0.15, 0.2) is 76.1 Å². The number of fused-ring (bicyclic) bond motifs is 4. The molecule has 3 heterocycles. The molecule has 7 nitrogen and oxygen atoms in total. The summed E-state index contributed by atoms with van der Waals surface area (Å²) in [5, 5.41) is 3.43. The minimum atomic E-state index is -0.296. The van der Waals surface area contributed by atoms with Crippen LogP contribution in [-0.4, -0.2) is 37.2 Å². The molecule has 0 amide bonds. The first-order valence-electron chi connectivity index (χ1n) is 13.2. The van der Waals surface area contributed by atoms with Crippen LogP contribution in [-0.2, 0) is 0 Å². The van der Waals surface area contributed by atoms with E-state index < -0.39 is 0 Å². The summed E-state index contributed by atoms with van der Waals surface area (Å²) in [6.07, 6.45) is 0. The van der Waals surface area contributed by atoms with Gasteiger partial charge >= 0.3 is 5.69 Å². The summed E-state index contributed by atoms with van der Waals surface area (Å²) in [5.41, 5.74) is 4.91. The van der Waals surface area contributed by atoms with E-state index in [0.717, 1.165) is 38.4 Å². The summed E-state index contributed by atoms with van der Waals surface area (Å²) in [6.45, 7) is 0. The maximum absolute atomic E-state index is 14.8. The molecule has 0 aliphatic rings. The molecule has 0 fully saturated rings. The van der Waals surface area contributed by atoms with Crippen LogP contribution in [0.4, 0.5) is 0 Å². The smallest absolute Gasteiger partial charge is 0.338 e. The van der Waals surface area contributed by atoms with Crippen LogP contribution < -0.4 is 24.6 Å². The van der Waals surface area contributed by atoms with Gasteiger partial charge in [-0.25, -0.2) is 4.79 Å². The quantitative estimate of drug-likeness (QED) is 0.176. The highest BCUT2D eigenvalue weighted by molar-refractivity contribution is 9.10. The van der Waals surface area contributed by atoms with Gasteiger partial charge in [0.2, 0.25) is 0 Å². The molecule has 0 saturated carbocycles. The molecule has 0 radical (unpaired) electrons. The lowest BCUT2D eigenvalue weighted by molar-refractivity contribution is 0.398. The van der Waals surface area contributed by atoms with Gasteiger partial charge in [0.15, 0.2) is 0 Å². The number of ether oxygens (including phenoxy) is 4. The van der Waals surface area contributed by atoms with E-state index >= 15 is 0 Å². The molecule has 216 valence electrons. The predicted molar refractivity (Wildman–Crippen MR) is 176 cm³/mol. The van der Waals surface area contributed by atoms with E-state index in [4.69, 9.17) is 42.1 Å². The largest absolute Gasteiger partial charge is 0.497 e. The third kappa shape index (κ3) is 3.90. The Labute approximate surface area is 264 Å². The van der Waals surface area contributed by atoms with Crippen molar-refractivity contribution >= 4 is 71.8 Å². The molecule has 0 aliphatic heterocycles. The zero-order valence-electron chi connectivity index (χ0n) is 23.4. The fraction of sp³-hybridized carbons (Fsp3) is 0.121. The average molecular weight is 678 g/mol. The molecule has 7 aromatic rings. The maximum Gasteiger partial charge on any atom is 0.338 e. The van der Waals surface area contributed by atoms with Crippen molar-refractivity contribution in [3.05, 3.63) is 91.9 Å². The first-order chi connectivity index (χ1) is 20.8. The van der Waals surface area contributed by atoms with E-state index in [2.05, 4.69) is 15.9 Å². The number of hydrogen-bond acceptors (Lipinski definition) is 5. The summed E-state index contributed by atoms with van der Waals surface area (Å²) in [5.74, 6) is 2.20. The molecule has 0 atom stereocenters. The Morgan fingerprint density at radius 3 is 1.70 bits per heavy atom. The maximum atomic E-state index is 14.8. The summed E-state index contributed by atoms with van der Waals surface area (Å²) < 4.78 is 27.4. The van der Waals surface area contributed by atoms with Gasteiger partial charge in [-0.15, -0.1) is 0 Å². The lowest BCUT2D eigenvalue weighted by Crippen LogP contribution is -2.21. The zero-order valence-corrected chi connectivity index (χ0v) is 26.5. The number of aromatic nitrogens is 2. The zero-order chi connectivity index (χ0) is 30.2. The van der Waals surface area contributed by atoms with Gasteiger partial charge < -0.3 is 18.9 Å². The molecule has 10 heteroatoms. The summed E-state index contributed by atoms with van der Waals surface area (Å²) in [7, 11) is 6.39. The fourth-order valence-corrected chi connectivity index (χ4v) is 7.09. The van der Waals surface area contributed by atoms with E-state index in [0.29, 0.717) is 54.2 Å². The Kier molecular flexibility index (Phi) is 6.61. The lowest BCUT2D eigenvalue weighted by atomic mass is 9.98. The minimum absolute atomic E-state index is 0.296. The van der Waals surface area contributed by atoms with Crippen LogP contribution in [0.2, 0.25) is 10.0 Å². The number of nitrogens with zero attached hydrogens (tertiary/aromatic N) is 2. The molecule has 0 unspecified atom stereocenters. The van der Waals surface area contributed by atoms with Gasteiger partial charge in [-0.3, -0.25) is 8.80 Å². The molecule has 3 aromatic heterocycles. The van der Waals surface area contributed by atoms with Crippen molar-refractivity contribution in [2.45, 2.75) is 0 Å². The molecule has 0 spiro atoms. The van der Waals surface area contributed by atoms with Crippen LogP contribution >= 0.6 is 39.1 Å². The van der Waals surface area contributed by atoms with Crippen molar-refractivity contribution in [3.8, 4) is 45.3 Å². The van der Waals surface area contributed by atoms with Gasteiger partial charge in [-0.1, -0.05) is 47.5 Å². The minimum Gasteiger partial charge on any atom is -0.497 e. The second kappa shape index (κ2) is 10.3. The number of halogens is 3. The number of hydrogen-bond donors (Lipinski definition) is 0. The standard InChI is InChI=1S/C33H23BrCl2N2O5/c1-40-20-13-21-27(22(14-20)41-2)25(16-5-9-18(35)10-6-16)30-29-24(43-4)15-23(42-3)28-26(17-7-11-19(36)12-8-17)32(34)38(31(28)29)33(39)37(21)30/h5-15H,1-4H3. The number of rotatable bonds is 6. The molecule has 4 aromatic carbocycles. The number of benzene rings is 4. The fourth-order valence-electron chi connectivity index (χ4n) is 6.08. The Hall–Kier alpha value is -4.11. The Morgan fingerprint density at radius 1 is 0.605 bits per heavy atom. The highest BCUT2D eigenvalue weighted by atomic mass is 79.9. The molecular formula is C33H23BrCl2N2O5. The van der Waals surface area contributed by atoms with Gasteiger partial charge in [-0.05, 0) is 51.3 Å². The molecular weight excluding hydrogens is 655 g/mol. The predicted octanol–water partition coefficient (Wildman–Crippen LogP) is 8.73. The summed E-state index contributed by atoms with van der Waals surface area (Å²) in [6, 6.07) is 20.5. The van der Waals surface area contributed by atoms with Crippen LogP contribution in [0.25, 0.3) is 55.0 Å². The SMILES string of the molecule is COc1cc(OC)c2c(-c3ccc(Cl)cc3)c3c4c(OC)cc(OC)c5c(-c6ccc(Cl)cc6)c(Br)n(c(=O)n3c2c1)c54. The Morgan fingerprint density at radius 2 is 1.14 bits per heavy atom. The van der Waals surface area contributed by atoms with E-state index in [1.165, 1.54) is 0 Å². The molecule has 0 N–H and O–H groups in total. The van der Waals surface area contributed by atoms with Crippen LogP contribution in [0.1, 0.15) is 0 Å². The van der Waals surface area contributed by atoms with E-state index in [1.54, 1.807) is 37.2 Å². The summed E-state index contributed by atoms with van der Waals surface area (Å²) in [4.78, 5) is 14.8.